The molecular weight excluding hydrogens is 154 g/mol. The number of carbonyl (C=O) groups excluding carboxylic acids is 1. The van der Waals surface area contributed by atoms with Gasteiger partial charge in [-0.15, -0.1) is 0 Å². The van der Waals surface area contributed by atoms with Gasteiger partial charge >= 0.3 is 0 Å². The number of ether oxygens (including phenoxy) is 1. The lowest BCUT2D eigenvalue weighted by Crippen LogP contribution is -2.43. The van der Waals surface area contributed by atoms with E-state index < -0.39 is 0 Å². The molecule has 1 aliphatic rings. The third-order valence-corrected chi connectivity index (χ3v) is 2.08. The van der Waals surface area contributed by atoms with Gasteiger partial charge in [0.2, 0.25) is 5.91 Å². The van der Waals surface area contributed by atoms with Gasteiger partial charge in [-0.2, -0.15) is 0 Å². The van der Waals surface area contributed by atoms with Crippen LogP contribution in [0.5, 0.6) is 0 Å². The van der Waals surface area contributed by atoms with Crippen LogP contribution in [-0.2, 0) is 9.53 Å². The third-order valence-electron chi connectivity index (χ3n) is 2.08. The van der Waals surface area contributed by atoms with Crippen molar-refractivity contribution in [1.82, 2.24) is 4.90 Å². The maximum absolute atomic E-state index is 11.2. The largest absolute Gasteiger partial charge is 0.372 e. The molecule has 0 aromatic rings. The molecule has 0 N–H and O–H groups in total. The van der Waals surface area contributed by atoms with Crippen LogP contribution in [0.15, 0.2) is 0 Å². The summed E-state index contributed by atoms with van der Waals surface area (Å²) in [7, 11) is 0. The summed E-state index contributed by atoms with van der Waals surface area (Å²) in [6.07, 6.45) is 3.33. The fourth-order valence-corrected chi connectivity index (χ4v) is 1.06. The Morgan fingerprint density at radius 3 is 2.75 bits per heavy atom. The minimum absolute atomic E-state index is 0.150. The molecule has 0 aromatic heterocycles. The molecule has 0 spiro atoms. The first-order valence-corrected chi connectivity index (χ1v) is 4.70. The second-order valence-corrected chi connectivity index (χ2v) is 3.14. The normalized spacial score (nSPS) is 15.9. The molecule has 1 rings (SSSR count). The fraction of sp³-hybridized carbons (Fsp3) is 0.889. The summed E-state index contributed by atoms with van der Waals surface area (Å²) in [6.45, 7) is 4.96. The number of hydrogen-bond acceptors (Lipinski definition) is 2. The lowest BCUT2D eigenvalue weighted by molar-refractivity contribution is -0.139. The topological polar surface area (TPSA) is 29.5 Å². The van der Waals surface area contributed by atoms with Gasteiger partial charge in [-0.25, -0.2) is 0 Å². The molecule has 1 fully saturated rings. The van der Waals surface area contributed by atoms with Crippen LogP contribution in [-0.4, -0.2) is 37.1 Å². The Bertz CT molecular complexity index is 143. The highest BCUT2D eigenvalue weighted by Crippen LogP contribution is 2.05. The third kappa shape index (κ3) is 2.81. The predicted molar refractivity (Wildman–Crippen MR) is 46.9 cm³/mol. The van der Waals surface area contributed by atoms with E-state index in [2.05, 4.69) is 6.92 Å². The van der Waals surface area contributed by atoms with Crippen LogP contribution in [0.3, 0.4) is 0 Å². The molecule has 0 saturated carbocycles. The number of likely N-dealkylation sites (tertiary alicyclic amines) is 1. The van der Waals surface area contributed by atoms with Crippen LogP contribution in [0.25, 0.3) is 0 Å². The van der Waals surface area contributed by atoms with Gasteiger partial charge in [0.1, 0.15) is 6.61 Å². The number of carbonyl (C=O) groups is 1. The monoisotopic (exact) mass is 171 g/mol. The van der Waals surface area contributed by atoms with Gasteiger partial charge in [0.15, 0.2) is 0 Å². The minimum Gasteiger partial charge on any atom is -0.372 e. The van der Waals surface area contributed by atoms with Gasteiger partial charge in [0.25, 0.3) is 0 Å². The smallest absolute Gasteiger partial charge is 0.248 e. The average molecular weight is 171 g/mol. The van der Waals surface area contributed by atoms with E-state index in [0.717, 1.165) is 39.0 Å². The number of unbranched alkanes of at least 4 members (excludes halogenated alkanes) is 1. The number of amides is 1. The molecule has 0 unspecified atom stereocenters. The highest BCUT2D eigenvalue weighted by Gasteiger charge is 2.19. The number of nitrogens with zero attached hydrogens (tertiary/aromatic N) is 1. The summed E-state index contributed by atoms with van der Waals surface area (Å²) >= 11 is 0. The Morgan fingerprint density at radius 2 is 2.25 bits per heavy atom. The molecule has 3 nitrogen and oxygen atoms in total. The van der Waals surface area contributed by atoms with E-state index in [1.807, 2.05) is 4.90 Å². The Morgan fingerprint density at radius 1 is 1.50 bits per heavy atom. The molecule has 0 atom stereocenters. The van der Waals surface area contributed by atoms with Crippen molar-refractivity contribution in [2.45, 2.75) is 26.2 Å². The summed E-state index contributed by atoms with van der Waals surface area (Å²) in [5.41, 5.74) is 0. The highest BCUT2D eigenvalue weighted by molar-refractivity contribution is 5.78. The van der Waals surface area contributed by atoms with Crippen molar-refractivity contribution >= 4 is 5.91 Å². The zero-order valence-electron chi connectivity index (χ0n) is 7.71. The van der Waals surface area contributed by atoms with Crippen molar-refractivity contribution in [3.63, 3.8) is 0 Å². The molecule has 0 aromatic carbocycles. The molecule has 1 amide bonds. The van der Waals surface area contributed by atoms with E-state index in [-0.39, 0.29) is 12.5 Å². The molecule has 0 aliphatic carbocycles. The van der Waals surface area contributed by atoms with Gasteiger partial charge in [-0.3, -0.25) is 4.79 Å². The standard InChI is InChI=1S/C9H17NO2/c1-2-3-7-12-8-9(11)10-5-4-6-10/h2-8H2,1H3. The van der Waals surface area contributed by atoms with E-state index in [9.17, 15) is 4.79 Å². The van der Waals surface area contributed by atoms with Crippen LogP contribution in [0.2, 0.25) is 0 Å². The SMILES string of the molecule is CCCCOCC(=O)N1CCC1. The van der Waals surface area contributed by atoms with Crippen LogP contribution in [0.4, 0.5) is 0 Å². The fourth-order valence-electron chi connectivity index (χ4n) is 1.06. The predicted octanol–water partition coefficient (Wildman–Crippen LogP) is 1.04. The lowest BCUT2D eigenvalue weighted by Gasteiger charge is -2.30. The molecular formula is C9H17NO2. The molecule has 70 valence electrons. The van der Waals surface area contributed by atoms with Crippen LogP contribution < -0.4 is 0 Å². The molecule has 12 heavy (non-hydrogen) atoms. The van der Waals surface area contributed by atoms with Crippen LogP contribution in [0.1, 0.15) is 26.2 Å². The quantitative estimate of drug-likeness (QED) is 0.578. The first-order valence-electron chi connectivity index (χ1n) is 4.70. The second-order valence-electron chi connectivity index (χ2n) is 3.14. The van der Waals surface area contributed by atoms with Gasteiger partial charge in [0, 0.05) is 19.7 Å². The number of hydrogen-bond donors (Lipinski definition) is 0. The minimum atomic E-state index is 0.150. The van der Waals surface area contributed by atoms with Crippen molar-refractivity contribution in [1.29, 1.82) is 0 Å². The first kappa shape index (κ1) is 9.52. The van der Waals surface area contributed by atoms with Gasteiger partial charge in [-0.05, 0) is 12.8 Å². The summed E-state index contributed by atoms with van der Waals surface area (Å²) in [5.74, 6) is 0.150. The van der Waals surface area contributed by atoms with Crippen molar-refractivity contribution in [2.75, 3.05) is 26.3 Å². The van der Waals surface area contributed by atoms with E-state index >= 15 is 0 Å². The summed E-state index contributed by atoms with van der Waals surface area (Å²) < 4.78 is 5.20. The van der Waals surface area contributed by atoms with Crippen molar-refractivity contribution in [2.24, 2.45) is 0 Å². The molecule has 0 radical (unpaired) electrons. The maximum Gasteiger partial charge on any atom is 0.248 e. The molecule has 1 aliphatic heterocycles. The summed E-state index contributed by atoms with van der Waals surface area (Å²) in [4.78, 5) is 13.0. The average Bonchev–Trinajstić information content (AvgIpc) is 1.95. The van der Waals surface area contributed by atoms with Gasteiger partial charge in [-0.1, -0.05) is 13.3 Å². The molecule has 1 heterocycles. The zero-order chi connectivity index (χ0) is 8.81. The van der Waals surface area contributed by atoms with Crippen molar-refractivity contribution in [3.8, 4) is 0 Å². The molecule has 3 heteroatoms. The van der Waals surface area contributed by atoms with E-state index in [1.165, 1.54) is 0 Å². The van der Waals surface area contributed by atoms with Crippen molar-refractivity contribution in [3.05, 3.63) is 0 Å². The summed E-state index contributed by atoms with van der Waals surface area (Å²) in [6, 6.07) is 0. The Kier molecular flexibility index (Phi) is 4.08. The maximum atomic E-state index is 11.2. The van der Waals surface area contributed by atoms with E-state index in [4.69, 9.17) is 4.74 Å². The van der Waals surface area contributed by atoms with Gasteiger partial charge < -0.3 is 9.64 Å². The Balaban J connectivity index is 1.94. The van der Waals surface area contributed by atoms with E-state index in [0.29, 0.717) is 0 Å². The van der Waals surface area contributed by atoms with Crippen LogP contribution >= 0.6 is 0 Å². The summed E-state index contributed by atoms with van der Waals surface area (Å²) in [5, 5.41) is 0. The van der Waals surface area contributed by atoms with Gasteiger partial charge in [0.05, 0.1) is 0 Å². The highest BCUT2D eigenvalue weighted by atomic mass is 16.5. The van der Waals surface area contributed by atoms with Crippen molar-refractivity contribution < 1.29 is 9.53 Å². The number of rotatable bonds is 5. The Hall–Kier alpha value is -0.570. The second kappa shape index (κ2) is 5.14. The molecule has 1 saturated heterocycles. The first-order chi connectivity index (χ1) is 5.84. The Labute approximate surface area is 73.7 Å². The van der Waals surface area contributed by atoms with E-state index in [1.54, 1.807) is 0 Å². The molecule has 0 bridgehead atoms. The lowest BCUT2D eigenvalue weighted by atomic mass is 10.2. The zero-order valence-corrected chi connectivity index (χ0v) is 7.71. The van der Waals surface area contributed by atoms with Crippen LogP contribution in [0, 0.1) is 0 Å².